The number of hydrogen-bond acceptors (Lipinski definition) is 5. The maximum atomic E-state index is 11.6. The molecule has 0 aliphatic carbocycles. The summed E-state index contributed by atoms with van der Waals surface area (Å²) in [5, 5.41) is 4.10. The summed E-state index contributed by atoms with van der Waals surface area (Å²) in [5.74, 6) is 0.569. The molecule has 1 aliphatic rings. The highest BCUT2D eigenvalue weighted by atomic mass is 32.1. The van der Waals surface area contributed by atoms with Gasteiger partial charge < -0.3 is 24.3 Å². The van der Waals surface area contributed by atoms with E-state index in [1.54, 1.807) is 13.3 Å². The lowest BCUT2D eigenvalue weighted by Gasteiger charge is -2.29. The fourth-order valence-electron chi connectivity index (χ4n) is 4.09. The van der Waals surface area contributed by atoms with Crippen LogP contribution in [0.25, 0.3) is 5.69 Å². The Morgan fingerprint density at radius 1 is 1.16 bits per heavy atom. The van der Waals surface area contributed by atoms with Crippen molar-refractivity contribution in [1.82, 2.24) is 19.8 Å². The lowest BCUT2D eigenvalue weighted by molar-refractivity contribution is -0.140. The molecule has 166 valence electrons. The largest absolute Gasteiger partial charge is 0.497 e. The van der Waals surface area contributed by atoms with Crippen molar-refractivity contribution in [1.29, 1.82) is 0 Å². The van der Waals surface area contributed by atoms with Crippen molar-refractivity contribution in [2.45, 2.75) is 24.9 Å². The van der Waals surface area contributed by atoms with Crippen molar-refractivity contribution in [3.63, 3.8) is 0 Å². The van der Waals surface area contributed by atoms with Gasteiger partial charge in [0.2, 0.25) is 0 Å². The highest BCUT2D eigenvalue weighted by molar-refractivity contribution is 7.80. The number of ether oxygens (including phenoxy) is 2. The van der Waals surface area contributed by atoms with Crippen LogP contribution < -0.4 is 10.1 Å². The summed E-state index contributed by atoms with van der Waals surface area (Å²) in [5.41, 5.74) is 2.98. The maximum absolute atomic E-state index is 11.6. The molecule has 1 fully saturated rings. The van der Waals surface area contributed by atoms with Crippen LogP contribution in [0.4, 0.5) is 0 Å². The molecule has 1 N–H and O–H groups in total. The summed E-state index contributed by atoms with van der Waals surface area (Å²) in [7, 11) is 3.07. The number of pyridine rings is 1. The Balaban J connectivity index is 1.72. The van der Waals surface area contributed by atoms with Crippen LogP contribution in [0.3, 0.4) is 0 Å². The van der Waals surface area contributed by atoms with Gasteiger partial charge in [0, 0.05) is 42.8 Å². The van der Waals surface area contributed by atoms with Crippen LogP contribution in [0.1, 0.15) is 36.3 Å². The average molecular weight is 451 g/mol. The first-order valence-corrected chi connectivity index (χ1v) is 10.9. The van der Waals surface area contributed by atoms with Gasteiger partial charge in [-0.1, -0.05) is 12.1 Å². The summed E-state index contributed by atoms with van der Waals surface area (Å²) >= 11 is 5.72. The van der Waals surface area contributed by atoms with E-state index < -0.39 is 0 Å². The van der Waals surface area contributed by atoms with Gasteiger partial charge in [-0.2, -0.15) is 0 Å². The topological polar surface area (TPSA) is 68.6 Å². The number of nitrogens with one attached hydrogen (secondary N) is 1. The minimum atomic E-state index is -0.222. The fourth-order valence-corrected chi connectivity index (χ4v) is 4.43. The predicted octanol–water partition coefficient (Wildman–Crippen LogP) is 3.81. The minimum absolute atomic E-state index is 0.101. The van der Waals surface area contributed by atoms with Crippen molar-refractivity contribution in [3.8, 4) is 11.4 Å². The first kappa shape index (κ1) is 21.8. The molecule has 8 heteroatoms. The first-order valence-electron chi connectivity index (χ1n) is 10.5. The molecular weight excluding hydrogens is 424 g/mol. The molecule has 0 unspecified atom stereocenters. The van der Waals surface area contributed by atoms with Crippen LogP contribution in [-0.2, 0) is 9.53 Å². The van der Waals surface area contributed by atoms with E-state index in [0.29, 0.717) is 24.5 Å². The van der Waals surface area contributed by atoms with Gasteiger partial charge in [-0.3, -0.25) is 9.78 Å². The highest BCUT2D eigenvalue weighted by Gasteiger charge is 2.41. The molecule has 1 saturated heterocycles. The van der Waals surface area contributed by atoms with Gasteiger partial charge in [-0.25, -0.2) is 0 Å². The number of nitrogens with zero attached hydrogens (tertiary/aromatic N) is 3. The zero-order valence-corrected chi connectivity index (χ0v) is 18.9. The predicted molar refractivity (Wildman–Crippen MR) is 126 cm³/mol. The molecule has 1 aliphatic heterocycles. The number of rotatable bonds is 8. The number of esters is 1. The van der Waals surface area contributed by atoms with Crippen LogP contribution in [-0.4, -0.2) is 46.3 Å². The number of hydrogen-bond donors (Lipinski definition) is 1. The quantitative estimate of drug-likeness (QED) is 0.413. The fraction of sp³-hybridized carbons (Fsp3) is 0.292. The Morgan fingerprint density at radius 3 is 2.78 bits per heavy atom. The molecule has 0 spiro atoms. The van der Waals surface area contributed by atoms with E-state index in [2.05, 4.69) is 25.8 Å². The molecule has 3 heterocycles. The maximum Gasteiger partial charge on any atom is 0.305 e. The number of thiocarbonyl (C=S) groups is 1. The van der Waals surface area contributed by atoms with Gasteiger partial charge in [0.25, 0.3) is 0 Å². The van der Waals surface area contributed by atoms with Gasteiger partial charge in [0.05, 0.1) is 32.0 Å². The minimum Gasteiger partial charge on any atom is -0.497 e. The highest BCUT2D eigenvalue weighted by Crippen LogP contribution is 2.39. The van der Waals surface area contributed by atoms with Crippen LogP contribution in [0.15, 0.2) is 67.0 Å². The molecule has 0 amide bonds. The molecule has 2 aromatic heterocycles. The number of benzene rings is 1. The van der Waals surface area contributed by atoms with E-state index in [1.807, 2.05) is 54.7 Å². The lowest BCUT2D eigenvalue weighted by Crippen LogP contribution is -2.31. The average Bonchev–Trinajstić information content (AvgIpc) is 3.44. The second kappa shape index (κ2) is 9.82. The molecule has 0 saturated carbocycles. The zero-order valence-electron chi connectivity index (χ0n) is 18.1. The molecule has 7 nitrogen and oxygen atoms in total. The van der Waals surface area contributed by atoms with Crippen molar-refractivity contribution in [2.24, 2.45) is 0 Å². The molecule has 3 aromatic rings. The summed E-state index contributed by atoms with van der Waals surface area (Å²) in [6.07, 6.45) is 4.80. The van der Waals surface area contributed by atoms with E-state index in [4.69, 9.17) is 21.7 Å². The van der Waals surface area contributed by atoms with E-state index in [0.717, 1.165) is 22.8 Å². The Hall–Kier alpha value is -3.39. The number of carbonyl (C=O) groups excluding carboxylic acids is 1. The summed E-state index contributed by atoms with van der Waals surface area (Å²) < 4.78 is 12.4. The Bertz CT molecular complexity index is 1090. The van der Waals surface area contributed by atoms with Crippen molar-refractivity contribution in [3.05, 3.63) is 78.4 Å². The monoisotopic (exact) mass is 450 g/mol. The molecule has 4 rings (SSSR count). The van der Waals surface area contributed by atoms with Gasteiger partial charge in [0.15, 0.2) is 5.11 Å². The molecular formula is C24H26N4O3S. The smallest absolute Gasteiger partial charge is 0.305 e. The third kappa shape index (κ3) is 4.45. The Labute approximate surface area is 193 Å². The number of carbonyl (C=O) groups is 1. The van der Waals surface area contributed by atoms with Crippen LogP contribution in [0.2, 0.25) is 0 Å². The third-order valence-electron chi connectivity index (χ3n) is 5.62. The Kier molecular flexibility index (Phi) is 6.70. The second-order valence-electron chi connectivity index (χ2n) is 7.50. The van der Waals surface area contributed by atoms with Gasteiger partial charge in [0.1, 0.15) is 5.75 Å². The number of methoxy groups -OCH3 is 2. The van der Waals surface area contributed by atoms with E-state index in [1.165, 1.54) is 7.11 Å². The van der Waals surface area contributed by atoms with Crippen molar-refractivity contribution >= 4 is 23.3 Å². The normalized spacial score (nSPS) is 17.8. The molecule has 32 heavy (non-hydrogen) atoms. The Morgan fingerprint density at radius 2 is 2.03 bits per heavy atom. The first-order chi connectivity index (χ1) is 15.6. The van der Waals surface area contributed by atoms with Crippen LogP contribution in [0, 0.1) is 0 Å². The van der Waals surface area contributed by atoms with Crippen LogP contribution in [0.5, 0.6) is 5.75 Å². The standard InChI is InChI=1S/C24H26N4O3S/c1-30-18-9-5-8-17(16-18)27-14-6-11-20(27)23-22(19-10-3-4-13-25-19)26-24(32)28(23)15-7-12-21(29)31-2/h3-6,8-11,13-14,16,22-23H,7,12,15H2,1-2H3,(H,26,32)/t22-,23+/m1/s1. The van der Waals surface area contributed by atoms with Gasteiger partial charge in [-0.15, -0.1) is 0 Å². The molecule has 1 aromatic carbocycles. The van der Waals surface area contributed by atoms with Crippen molar-refractivity contribution in [2.75, 3.05) is 20.8 Å². The zero-order chi connectivity index (χ0) is 22.5. The van der Waals surface area contributed by atoms with Gasteiger partial charge >= 0.3 is 5.97 Å². The van der Waals surface area contributed by atoms with Crippen LogP contribution >= 0.6 is 12.2 Å². The molecule has 2 atom stereocenters. The third-order valence-corrected chi connectivity index (χ3v) is 5.97. The summed E-state index contributed by atoms with van der Waals surface area (Å²) in [6.45, 7) is 0.623. The molecule has 0 bridgehead atoms. The number of aromatic nitrogens is 2. The SMILES string of the molecule is COC(=O)CCCN1C(=S)N[C@H](c2ccccn2)[C@@H]1c1cccn1-c1cccc(OC)c1. The van der Waals surface area contributed by atoms with E-state index in [-0.39, 0.29) is 18.1 Å². The van der Waals surface area contributed by atoms with E-state index >= 15 is 0 Å². The summed E-state index contributed by atoms with van der Waals surface area (Å²) in [6, 6.07) is 17.7. The second-order valence-corrected chi connectivity index (χ2v) is 7.89. The van der Waals surface area contributed by atoms with Crippen molar-refractivity contribution < 1.29 is 14.3 Å². The van der Waals surface area contributed by atoms with Gasteiger partial charge in [-0.05, 0) is 55.0 Å². The molecule has 0 radical (unpaired) electrons. The summed E-state index contributed by atoms with van der Waals surface area (Å²) in [4.78, 5) is 18.4. The lowest BCUT2D eigenvalue weighted by atomic mass is 10.0. The van der Waals surface area contributed by atoms with E-state index in [9.17, 15) is 4.79 Å².